The third kappa shape index (κ3) is 15.5. The molecular formula is C32H44Br2Cl2N4O5. The summed E-state index contributed by atoms with van der Waals surface area (Å²) >= 11 is 18.3. The summed E-state index contributed by atoms with van der Waals surface area (Å²) in [4.78, 5) is 39.6. The summed E-state index contributed by atoms with van der Waals surface area (Å²) in [6, 6.07) is 10.9. The van der Waals surface area contributed by atoms with Crippen molar-refractivity contribution in [3.63, 3.8) is 0 Å². The first-order valence-corrected chi connectivity index (χ1v) is 17.0. The van der Waals surface area contributed by atoms with Gasteiger partial charge in [-0.1, -0.05) is 61.1 Å². The molecule has 13 heteroatoms. The van der Waals surface area contributed by atoms with Gasteiger partial charge in [-0.25, -0.2) is 9.59 Å². The molecule has 0 unspecified atom stereocenters. The maximum atomic E-state index is 12.0. The van der Waals surface area contributed by atoms with E-state index in [1.165, 1.54) is 5.56 Å². The number of carbonyl (C=O) groups is 3. The molecule has 1 N–H and O–H groups in total. The molecule has 250 valence electrons. The second-order valence-corrected chi connectivity index (χ2v) is 15.1. The fraction of sp³-hybridized carbons (Fsp3) is 0.531. The van der Waals surface area contributed by atoms with Crippen molar-refractivity contribution >= 4 is 73.5 Å². The first-order valence-electron chi connectivity index (χ1n) is 14.7. The molecular weight excluding hydrogens is 751 g/mol. The van der Waals surface area contributed by atoms with E-state index in [0.29, 0.717) is 23.7 Å². The third-order valence-electron chi connectivity index (χ3n) is 6.29. The van der Waals surface area contributed by atoms with E-state index in [0.717, 1.165) is 66.1 Å². The highest BCUT2D eigenvalue weighted by Crippen LogP contribution is 2.24. The van der Waals surface area contributed by atoms with Gasteiger partial charge >= 0.3 is 12.2 Å². The molecule has 2 aromatic carbocycles. The van der Waals surface area contributed by atoms with Crippen LogP contribution in [0, 0.1) is 0 Å². The summed E-state index contributed by atoms with van der Waals surface area (Å²) in [6.07, 6.45) is 0.356. The van der Waals surface area contributed by atoms with Crippen molar-refractivity contribution < 1.29 is 23.9 Å². The molecule has 2 saturated heterocycles. The van der Waals surface area contributed by atoms with Crippen LogP contribution in [0.4, 0.5) is 9.59 Å². The summed E-state index contributed by atoms with van der Waals surface area (Å²) in [5.74, 6) is 0. The third-order valence-corrected chi connectivity index (χ3v) is 8.19. The van der Waals surface area contributed by atoms with Gasteiger partial charge in [0.2, 0.25) is 0 Å². The monoisotopic (exact) mass is 792 g/mol. The van der Waals surface area contributed by atoms with Crippen molar-refractivity contribution in [2.45, 2.75) is 59.3 Å². The van der Waals surface area contributed by atoms with Gasteiger partial charge in [-0.15, -0.1) is 0 Å². The number of nitrogens with zero attached hydrogens (tertiary/aromatic N) is 3. The summed E-state index contributed by atoms with van der Waals surface area (Å²) in [6.45, 7) is 18.4. The zero-order valence-corrected chi connectivity index (χ0v) is 31.5. The number of carbonyl (C=O) groups excluding carboxylic acids is 3. The van der Waals surface area contributed by atoms with E-state index in [9.17, 15) is 14.4 Å². The van der Waals surface area contributed by atoms with E-state index < -0.39 is 5.60 Å². The van der Waals surface area contributed by atoms with Gasteiger partial charge in [0.15, 0.2) is 6.29 Å². The predicted molar refractivity (Wildman–Crippen MR) is 187 cm³/mol. The van der Waals surface area contributed by atoms with Crippen LogP contribution in [0.2, 0.25) is 10.0 Å². The highest BCUT2D eigenvalue weighted by Gasteiger charge is 2.26. The number of aldehydes is 1. The van der Waals surface area contributed by atoms with E-state index in [1.54, 1.807) is 28.0 Å². The second-order valence-electron chi connectivity index (χ2n) is 12.5. The molecule has 4 rings (SSSR count). The second kappa shape index (κ2) is 18.4. The Balaban J connectivity index is 0.000000259. The SMILES string of the molecule is CC(C)(C)OC(=O)N1CCN(Cc2ccc(Cl)cc2Br)CC1.CC(C)(C)OC(=O)N1CCNCC1.O=Cc1ccc(Cl)cc1Br. The Labute approximate surface area is 294 Å². The van der Waals surface area contributed by atoms with Gasteiger partial charge in [0.25, 0.3) is 0 Å². The van der Waals surface area contributed by atoms with Crippen LogP contribution in [0.1, 0.15) is 57.5 Å². The van der Waals surface area contributed by atoms with Gasteiger partial charge in [0.05, 0.1) is 0 Å². The zero-order chi connectivity index (χ0) is 33.8. The van der Waals surface area contributed by atoms with Gasteiger partial charge in [0, 0.05) is 83.5 Å². The first-order chi connectivity index (χ1) is 21.0. The number of rotatable bonds is 3. The van der Waals surface area contributed by atoms with Crippen molar-refractivity contribution in [2.24, 2.45) is 0 Å². The molecule has 2 amide bonds. The normalized spacial score (nSPS) is 15.6. The number of piperazine rings is 2. The molecule has 0 aliphatic carbocycles. The number of hydrogen-bond donors (Lipinski definition) is 1. The van der Waals surface area contributed by atoms with Crippen LogP contribution in [0.15, 0.2) is 45.3 Å². The largest absolute Gasteiger partial charge is 0.444 e. The van der Waals surface area contributed by atoms with Crippen LogP contribution in [-0.2, 0) is 16.0 Å². The van der Waals surface area contributed by atoms with Crippen molar-refractivity contribution in [3.8, 4) is 0 Å². The number of amides is 2. The van der Waals surface area contributed by atoms with Crippen molar-refractivity contribution in [3.05, 3.63) is 66.5 Å². The molecule has 2 heterocycles. The Morgan fingerprint density at radius 1 is 0.778 bits per heavy atom. The predicted octanol–water partition coefficient (Wildman–Crippen LogP) is 7.90. The molecule has 2 aliphatic heterocycles. The van der Waals surface area contributed by atoms with E-state index >= 15 is 0 Å². The van der Waals surface area contributed by atoms with Crippen LogP contribution < -0.4 is 5.32 Å². The number of nitrogens with one attached hydrogen (secondary N) is 1. The van der Waals surface area contributed by atoms with Crippen LogP contribution in [0.5, 0.6) is 0 Å². The van der Waals surface area contributed by atoms with Crippen LogP contribution in [0.25, 0.3) is 0 Å². The lowest BCUT2D eigenvalue weighted by Crippen LogP contribution is -2.49. The minimum atomic E-state index is -0.442. The quantitative estimate of drug-likeness (QED) is 0.316. The Kier molecular flexibility index (Phi) is 16.1. The van der Waals surface area contributed by atoms with Gasteiger partial charge in [-0.2, -0.15) is 0 Å². The molecule has 2 fully saturated rings. The molecule has 9 nitrogen and oxygen atoms in total. The fourth-order valence-corrected chi connectivity index (χ4v) is 5.66. The molecule has 0 atom stereocenters. The van der Waals surface area contributed by atoms with Crippen LogP contribution in [-0.4, -0.2) is 96.7 Å². The number of hydrogen-bond acceptors (Lipinski definition) is 7. The van der Waals surface area contributed by atoms with Gasteiger partial charge in [0.1, 0.15) is 11.2 Å². The molecule has 45 heavy (non-hydrogen) atoms. The number of ether oxygens (including phenoxy) is 2. The van der Waals surface area contributed by atoms with Gasteiger partial charge in [-0.3, -0.25) is 9.69 Å². The standard InChI is InChI=1S/C16H22BrClN2O2.C9H18N2O2.C7H4BrClO/c1-16(2,3)22-15(21)20-8-6-19(7-9-20)11-12-4-5-13(18)10-14(12)17;1-9(2,3)13-8(12)11-6-4-10-5-7-11;8-7-3-6(9)2-1-5(7)4-10/h4-5,10H,6-9,11H2,1-3H3;10H,4-7H2,1-3H3;1-4H. The molecule has 2 aromatic rings. The lowest BCUT2D eigenvalue weighted by Gasteiger charge is -2.35. The number of benzene rings is 2. The lowest BCUT2D eigenvalue weighted by molar-refractivity contribution is 0.0137. The van der Waals surface area contributed by atoms with Gasteiger partial charge < -0.3 is 24.6 Å². The minimum Gasteiger partial charge on any atom is -0.444 e. The molecule has 0 radical (unpaired) electrons. The molecule has 0 saturated carbocycles. The average Bonchev–Trinajstić information content (AvgIpc) is 2.94. The maximum absolute atomic E-state index is 12.0. The molecule has 0 spiro atoms. The highest BCUT2D eigenvalue weighted by atomic mass is 79.9. The van der Waals surface area contributed by atoms with Crippen molar-refractivity contribution in [2.75, 3.05) is 52.4 Å². The maximum Gasteiger partial charge on any atom is 0.410 e. The highest BCUT2D eigenvalue weighted by molar-refractivity contribution is 9.10. The summed E-state index contributed by atoms with van der Waals surface area (Å²) in [5, 5.41) is 4.53. The number of halogens is 4. The van der Waals surface area contributed by atoms with Crippen molar-refractivity contribution in [1.82, 2.24) is 20.0 Å². The Bertz CT molecular complexity index is 1270. The Morgan fingerprint density at radius 2 is 1.24 bits per heavy atom. The summed E-state index contributed by atoms with van der Waals surface area (Å²) in [5.41, 5.74) is 0.990. The fourth-order valence-electron chi connectivity index (χ4n) is 4.08. The van der Waals surface area contributed by atoms with E-state index in [-0.39, 0.29) is 17.8 Å². The zero-order valence-electron chi connectivity index (χ0n) is 26.8. The molecule has 2 aliphatic rings. The Morgan fingerprint density at radius 3 is 1.69 bits per heavy atom. The Hall–Kier alpha value is -1.89. The van der Waals surface area contributed by atoms with Gasteiger partial charge in [-0.05, 0) is 77.4 Å². The molecule has 0 bridgehead atoms. The summed E-state index contributed by atoms with van der Waals surface area (Å²) in [7, 11) is 0. The topological polar surface area (TPSA) is 91.4 Å². The smallest absolute Gasteiger partial charge is 0.410 e. The molecule has 0 aromatic heterocycles. The van der Waals surface area contributed by atoms with E-state index in [4.69, 9.17) is 32.7 Å². The van der Waals surface area contributed by atoms with Crippen LogP contribution in [0.3, 0.4) is 0 Å². The summed E-state index contributed by atoms with van der Waals surface area (Å²) < 4.78 is 12.4. The minimum absolute atomic E-state index is 0.200. The van der Waals surface area contributed by atoms with Crippen LogP contribution >= 0.6 is 55.1 Å². The lowest BCUT2D eigenvalue weighted by atomic mass is 10.2. The average molecular weight is 795 g/mol. The van der Waals surface area contributed by atoms with E-state index in [2.05, 4.69) is 42.1 Å². The van der Waals surface area contributed by atoms with Crippen molar-refractivity contribution in [1.29, 1.82) is 0 Å². The van der Waals surface area contributed by atoms with E-state index in [1.807, 2.05) is 59.7 Å². The first kappa shape index (κ1) is 39.3.